The number of aryl methyl sites for hydroxylation is 1. The van der Waals surface area contributed by atoms with Gasteiger partial charge in [-0.3, -0.25) is 4.79 Å². The molecule has 3 unspecified atom stereocenters. The van der Waals surface area contributed by atoms with Gasteiger partial charge >= 0.3 is 17.9 Å². The molecule has 26 heavy (non-hydrogen) atoms. The van der Waals surface area contributed by atoms with Crippen LogP contribution in [0.15, 0.2) is 24.3 Å². The summed E-state index contributed by atoms with van der Waals surface area (Å²) in [5.41, 5.74) is -0.884. The van der Waals surface area contributed by atoms with Gasteiger partial charge in [-0.15, -0.1) is 0 Å². The minimum atomic E-state index is -2.87. The van der Waals surface area contributed by atoms with Gasteiger partial charge in [-0.1, -0.05) is 28.8 Å². The zero-order valence-electron chi connectivity index (χ0n) is 13.5. The molecule has 1 spiro atoms. The molecule has 2 aromatic rings. The highest BCUT2D eigenvalue weighted by atomic mass is 32.3. The first-order valence-corrected chi connectivity index (χ1v) is 9.89. The first-order chi connectivity index (χ1) is 12.4. The first-order valence-electron chi connectivity index (χ1n) is 8.18. The number of hydrogen-bond acceptors (Lipinski definition) is 7. The van der Waals surface area contributed by atoms with Crippen LogP contribution in [0.2, 0.25) is 0 Å². The van der Waals surface area contributed by atoms with Gasteiger partial charge in [-0.25, -0.2) is 9.59 Å². The predicted octanol–water partition coefficient (Wildman–Crippen LogP) is 1.53. The molecular formula is C17H15NO7S. The highest BCUT2D eigenvalue weighted by Gasteiger charge is 2.57. The van der Waals surface area contributed by atoms with Crippen LogP contribution in [0, 0.1) is 0 Å². The summed E-state index contributed by atoms with van der Waals surface area (Å²) in [5, 5.41) is 11.4. The molecule has 2 fully saturated rings. The Morgan fingerprint density at radius 3 is 2.73 bits per heavy atom. The summed E-state index contributed by atoms with van der Waals surface area (Å²) in [7, 11) is -2.87. The maximum Gasteiger partial charge on any atom is 0.361 e. The van der Waals surface area contributed by atoms with Crippen LogP contribution in [-0.4, -0.2) is 39.4 Å². The summed E-state index contributed by atoms with van der Waals surface area (Å²) in [4.78, 5) is 40.3. The Balaban J connectivity index is 1.72. The fraction of sp³-hybridized carbons (Fsp3) is 0.353. The van der Waals surface area contributed by atoms with Gasteiger partial charge in [0.1, 0.15) is 0 Å². The minimum absolute atomic E-state index is 0.216. The second-order valence-electron chi connectivity index (χ2n) is 6.71. The highest BCUT2D eigenvalue weighted by Crippen LogP contribution is 2.68. The van der Waals surface area contributed by atoms with Gasteiger partial charge in [-0.2, -0.15) is 0 Å². The maximum absolute atomic E-state index is 12.5. The molecule has 0 radical (unpaired) electrons. The van der Waals surface area contributed by atoms with E-state index in [1.54, 1.807) is 0 Å². The molecule has 0 amide bonds. The molecule has 8 nitrogen and oxygen atoms in total. The van der Waals surface area contributed by atoms with E-state index in [1.807, 2.05) is 24.3 Å². The number of hydrogen-bond donors (Lipinski definition) is 2. The van der Waals surface area contributed by atoms with Crippen molar-refractivity contribution >= 4 is 39.4 Å². The van der Waals surface area contributed by atoms with Gasteiger partial charge in [0.2, 0.25) is 5.44 Å². The van der Waals surface area contributed by atoms with E-state index in [-0.39, 0.29) is 5.75 Å². The second kappa shape index (κ2) is 5.01. The average molecular weight is 377 g/mol. The summed E-state index contributed by atoms with van der Waals surface area (Å²) in [6.07, 6.45) is -0.786. The van der Waals surface area contributed by atoms with Gasteiger partial charge in [0.15, 0.2) is 5.60 Å². The summed E-state index contributed by atoms with van der Waals surface area (Å²) < 4.78 is 16.6. The fourth-order valence-corrected chi connectivity index (χ4v) is 6.46. The Labute approximate surface area is 149 Å². The number of H-pyrrole nitrogens is 1. The van der Waals surface area contributed by atoms with Crippen molar-refractivity contribution in [1.29, 1.82) is 0 Å². The van der Waals surface area contributed by atoms with Gasteiger partial charge in [-0.05, 0) is 18.1 Å². The van der Waals surface area contributed by atoms with Gasteiger partial charge in [0.05, 0.1) is 24.3 Å². The molecule has 1 aromatic heterocycles. The average Bonchev–Trinajstić information content (AvgIpc) is 2.92. The Bertz CT molecular complexity index is 985. The maximum atomic E-state index is 12.5. The number of carbonyl (C=O) groups is 3. The van der Waals surface area contributed by atoms with Crippen molar-refractivity contribution in [2.24, 2.45) is 0 Å². The molecule has 5 rings (SSSR count). The third-order valence-electron chi connectivity index (χ3n) is 4.99. The largest absolute Gasteiger partial charge is 0.434 e. The molecule has 0 saturated carbocycles. The van der Waals surface area contributed by atoms with Crippen LogP contribution < -0.4 is 0 Å². The number of carbonyl (C=O) groups excluding carboxylic acids is 3. The number of aliphatic hydroxyl groups is 1. The van der Waals surface area contributed by atoms with E-state index in [0.717, 1.165) is 16.5 Å². The van der Waals surface area contributed by atoms with E-state index in [1.165, 1.54) is 0 Å². The molecule has 9 heteroatoms. The predicted molar refractivity (Wildman–Crippen MR) is 89.7 cm³/mol. The fourth-order valence-electron chi connectivity index (χ4n) is 3.78. The summed E-state index contributed by atoms with van der Waals surface area (Å²) >= 11 is 0. The standard InChI is InChI=1S/C17H15NO7S/c19-12-7-17(22)8-13(20)24-26(25-16(17)21)6-5-10-9-3-1-2-4-11(9)18-14(10)15(26)23-12/h1-4,15,18,22H,5-8H2. The van der Waals surface area contributed by atoms with E-state index in [9.17, 15) is 19.5 Å². The van der Waals surface area contributed by atoms with Crippen molar-refractivity contribution < 1.29 is 32.6 Å². The number of fused-ring (bicyclic) bond motifs is 6. The monoisotopic (exact) mass is 377 g/mol. The number of aromatic amines is 1. The molecule has 136 valence electrons. The number of para-hydroxylation sites is 1. The van der Waals surface area contributed by atoms with Gasteiger partial charge in [0.25, 0.3) is 0 Å². The van der Waals surface area contributed by atoms with Crippen molar-refractivity contribution in [1.82, 2.24) is 4.98 Å². The minimum Gasteiger partial charge on any atom is -0.434 e. The van der Waals surface area contributed by atoms with Crippen molar-refractivity contribution in [2.75, 3.05) is 5.75 Å². The number of nitrogens with one attached hydrogen (secondary N) is 1. The lowest BCUT2D eigenvalue weighted by molar-refractivity contribution is -0.169. The Kier molecular flexibility index (Phi) is 3.03. The van der Waals surface area contributed by atoms with Gasteiger partial charge in [0, 0.05) is 10.9 Å². The normalized spacial score (nSPS) is 35.7. The third kappa shape index (κ3) is 2.04. The SMILES string of the molecule is O=C1CC2(O)CC(=O)OS3(CCc4c([nH]c5ccccc45)C3O1)OC2=O. The highest BCUT2D eigenvalue weighted by molar-refractivity contribution is 8.26. The molecule has 3 aliphatic heterocycles. The number of benzene rings is 1. The number of rotatable bonds is 0. The van der Waals surface area contributed by atoms with Crippen molar-refractivity contribution in [3.05, 3.63) is 35.5 Å². The van der Waals surface area contributed by atoms with Crippen LogP contribution in [0.4, 0.5) is 0 Å². The lowest BCUT2D eigenvalue weighted by Gasteiger charge is -2.48. The molecule has 4 heterocycles. The van der Waals surface area contributed by atoms with E-state index >= 15 is 0 Å². The van der Waals surface area contributed by atoms with Crippen molar-refractivity contribution in [3.8, 4) is 0 Å². The quantitative estimate of drug-likeness (QED) is 0.669. The van der Waals surface area contributed by atoms with Crippen LogP contribution in [-0.2, 0) is 33.9 Å². The Morgan fingerprint density at radius 1 is 1.12 bits per heavy atom. The molecular weight excluding hydrogens is 362 g/mol. The number of ether oxygens (including phenoxy) is 1. The Hall–Kier alpha value is -2.52. The zero-order chi connectivity index (χ0) is 18.1. The molecule has 2 bridgehead atoms. The summed E-state index contributed by atoms with van der Waals surface area (Å²) in [5.74, 6) is -2.32. The van der Waals surface area contributed by atoms with Gasteiger partial charge < -0.3 is 23.2 Å². The molecule has 0 aliphatic carbocycles. The second-order valence-corrected chi connectivity index (χ2v) is 9.21. The lowest BCUT2D eigenvalue weighted by atomic mass is 9.96. The van der Waals surface area contributed by atoms with Crippen LogP contribution >= 0.6 is 10.6 Å². The van der Waals surface area contributed by atoms with Crippen molar-refractivity contribution in [3.63, 3.8) is 0 Å². The Morgan fingerprint density at radius 2 is 1.88 bits per heavy atom. The van der Waals surface area contributed by atoms with E-state index in [2.05, 4.69) is 4.98 Å². The van der Waals surface area contributed by atoms with E-state index in [0.29, 0.717) is 12.1 Å². The van der Waals surface area contributed by atoms with E-state index in [4.69, 9.17) is 13.1 Å². The van der Waals surface area contributed by atoms with Crippen LogP contribution in [0.5, 0.6) is 0 Å². The molecule has 1 aromatic carbocycles. The molecule has 2 N–H and O–H groups in total. The van der Waals surface area contributed by atoms with Crippen LogP contribution in [0.1, 0.15) is 29.5 Å². The molecule has 2 saturated heterocycles. The van der Waals surface area contributed by atoms with Crippen LogP contribution in [0.25, 0.3) is 10.9 Å². The smallest absolute Gasteiger partial charge is 0.361 e. The van der Waals surface area contributed by atoms with E-state index < -0.39 is 52.4 Å². The zero-order valence-corrected chi connectivity index (χ0v) is 14.3. The summed E-state index contributed by atoms with van der Waals surface area (Å²) in [6, 6.07) is 7.63. The molecule has 3 atom stereocenters. The van der Waals surface area contributed by atoms with Crippen LogP contribution in [0.3, 0.4) is 0 Å². The number of aromatic nitrogens is 1. The summed E-state index contributed by atoms with van der Waals surface area (Å²) in [6.45, 7) is 0. The molecule has 3 aliphatic rings. The third-order valence-corrected chi connectivity index (χ3v) is 7.65. The van der Waals surface area contributed by atoms with Crippen molar-refractivity contribution in [2.45, 2.75) is 30.3 Å². The first kappa shape index (κ1) is 15.7. The number of esters is 1. The topological polar surface area (TPSA) is 115 Å². The lowest BCUT2D eigenvalue weighted by Crippen LogP contribution is -2.45.